The predicted molar refractivity (Wildman–Crippen MR) is 51.0 cm³/mol. The van der Waals surface area contributed by atoms with Gasteiger partial charge in [-0.05, 0) is 17.8 Å². The van der Waals surface area contributed by atoms with Gasteiger partial charge in [-0.15, -0.1) is 0 Å². The molecule has 0 unspecified atom stereocenters. The summed E-state index contributed by atoms with van der Waals surface area (Å²) in [6.07, 6.45) is 1.17. The van der Waals surface area contributed by atoms with Gasteiger partial charge in [-0.2, -0.15) is 0 Å². The number of nitrogens with zero attached hydrogens (tertiary/aromatic N) is 1. The number of likely N-dealkylation sites (tertiary alicyclic amines) is 1. The van der Waals surface area contributed by atoms with Crippen LogP contribution in [0.3, 0.4) is 0 Å². The van der Waals surface area contributed by atoms with E-state index in [1.807, 2.05) is 4.90 Å². The van der Waals surface area contributed by atoms with E-state index in [-0.39, 0.29) is 5.96 Å². The molecule has 3 nitrogen and oxygen atoms in total. The normalized spacial score (nSPS) is 24.6. The second-order valence-electron chi connectivity index (χ2n) is 4.68. The van der Waals surface area contributed by atoms with Gasteiger partial charge in [0.2, 0.25) is 0 Å². The molecule has 0 saturated carbocycles. The Kier molecular flexibility index (Phi) is 2.31. The lowest BCUT2D eigenvalue weighted by atomic mass is 9.80. The maximum absolute atomic E-state index is 7.29. The summed E-state index contributed by atoms with van der Waals surface area (Å²) in [4.78, 5) is 1.95. The average Bonchev–Trinajstić information content (AvgIpc) is 2.30. The molecule has 1 atom stereocenters. The third-order valence-electron chi connectivity index (χ3n) is 2.75. The van der Waals surface area contributed by atoms with Crippen molar-refractivity contribution in [2.45, 2.75) is 27.2 Å². The van der Waals surface area contributed by atoms with Gasteiger partial charge in [-0.3, -0.25) is 5.41 Å². The highest BCUT2D eigenvalue weighted by atomic mass is 15.2. The van der Waals surface area contributed by atoms with Crippen LogP contribution in [0, 0.1) is 16.7 Å². The summed E-state index contributed by atoms with van der Waals surface area (Å²) in [6.45, 7) is 8.67. The van der Waals surface area contributed by atoms with E-state index in [0.29, 0.717) is 11.3 Å². The van der Waals surface area contributed by atoms with Gasteiger partial charge in [0.05, 0.1) is 0 Å². The van der Waals surface area contributed by atoms with Crippen LogP contribution in [0.1, 0.15) is 27.2 Å². The summed E-state index contributed by atoms with van der Waals surface area (Å²) in [5, 5.41) is 7.29. The van der Waals surface area contributed by atoms with Crippen molar-refractivity contribution in [3.8, 4) is 0 Å². The molecule has 3 heteroatoms. The molecule has 0 aromatic rings. The molecule has 0 aromatic heterocycles. The Bertz CT molecular complexity index is 181. The summed E-state index contributed by atoms with van der Waals surface area (Å²) in [5.74, 6) is 0.906. The molecule has 1 heterocycles. The highest BCUT2D eigenvalue weighted by Crippen LogP contribution is 2.33. The summed E-state index contributed by atoms with van der Waals surface area (Å²) >= 11 is 0. The quantitative estimate of drug-likeness (QED) is 0.423. The molecule has 12 heavy (non-hydrogen) atoms. The molecule has 0 amide bonds. The summed E-state index contributed by atoms with van der Waals surface area (Å²) in [5.41, 5.74) is 5.76. The number of rotatable bonds is 0. The molecule has 0 aliphatic carbocycles. The third kappa shape index (κ3) is 1.90. The van der Waals surface area contributed by atoms with Crippen molar-refractivity contribution in [3.05, 3.63) is 0 Å². The van der Waals surface area contributed by atoms with Gasteiger partial charge in [-0.25, -0.2) is 0 Å². The number of nitrogens with one attached hydrogen (secondary N) is 1. The van der Waals surface area contributed by atoms with Gasteiger partial charge >= 0.3 is 0 Å². The van der Waals surface area contributed by atoms with Crippen molar-refractivity contribution < 1.29 is 0 Å². The van der Waals surface area contributed by atoms with E-state index in [1.54, 1.807) is 0 Å². The first-order valence-electron chi connectivity index (χ1n) is 4.50. The Labute approximate surface area is 74.4 Å². The van der Waals surface area contributed by atoms with Gasteiger partial charge in [0.15, 0.2) is 5.96 Å². The van der Waals surface area contributed by atoms with Gasteiger partial charge < -0.3 is 10.6 Å². The zero-order valence-corrected chi connectivity index (χ0v) is 8.22. The Morgan fingerprint density at radius 2 is 2.08 bits per heavy atom. The Balaban J connectivity index is 2.51. The van der Waals surface area contributed by atoms with Crippen molar-refractivity contribution in [1.29, 1.82) is 5.41 Å². The van der Waals surface area contributed by atoms with Gasteiger partial charge in [-0.1, -0.05) is 20.8 Å². The van der Waals surface area contributed by atoms with Crippen LogP contribution in [0.2, 0.25) is 0 Å². The minimum Gasteiger partial charge on any atom is -0.370 e. The highest BCUT2D eigenvalue weighted by molar-refractivity contribution is 5.74. The Hall–Kier alpha value is -0.730. The van der Waals surface area contributed by atoms with E-state index in [9.17, 15) is 0 Å². The van der Waals surface area contributed by atoms with E-state index in [2.05, 4.69) is 20.8 Å². The molecular formula is C9H19N3. The standard InChI is InChI=1S/C9H19N3/c1-9(2,3)7-4-5-12(6-7)8(10)11/h7H,4-6H2,1-3H3,(H3,10,11)/t7-/m1/s1. The maximum atomic E-state index is 7.29. The van der Waals surface area contributed by atoms with Crippen LogP contribution in [0.5, 0.6) is 0 Å². The molecule has 0 radical (unpaired) electrons. The van der Waals surface area contributed by atoms with Crippen LogP contribution in [0.4, 0.5) is 0 Å². The summed E-state index contributed by atoms with van der Waals surface area (Å²) in [6, 6.07) is 0. The fourth-order valence-corrected chi connectivity index (χ4v) is 1.69. The topological polar surface area (TPSA) is 53.1 Å². The fourth-order valence-electron chi connectivity index (χ4n) is 1.69. The van der Waals surface area contributed by atoms with Crippen LogP contribution < -0.4 is 5.73 Å². The summed E-state index contributed by atoms with van der Waals surface area (Å²) < 4.78 is 0. The maximum Gasteiger partial charge on any atom is 0.188 e. The number of guanidine groups is 1. The molecular weight excluding hydrogens is 150 g/mol. The molecule has 1 aliphatic rings. The van der Waals surface area contributed by atoms with E-state index in [1.165, 1.54) is 6.42 Å². The van der Waals surface area contributed by atoms with Crippen molar-refractivity contribution in [2.24, 2.45) is 17.1 Å². The summed E-state index contributed by atoms with van der Waals surface area (Å²) in [7, 11) is 0. The van der Waals surface area contributed by atoms with E-state index in [4.69, 9.17) is 11.1 Å². The lowest BCUT2D eigenvalue weighted by Gasteiger charge is -2.26. The van der Waals surface area contributed by atoms with Gasteiger partial charge in [0.25, 0.3) is 0 Å². The second-order valence-corrected chi connectivity index (χ2v) is 4.68. The van der Waals surface area contributed by atoms with Crippen molar-refractivity contribution in [3.63, 3.8) is 0 Å². The second kappa shape index (κ2) is 2.96. The predicted octanol–water partition coefficient (Wildman–Crippen LogP) is 1.25. The molecule has 70 valence electrons. The number of nitrogens with two attached hydrogens (primary N) is 1. The lowest BCUT2D eigenvalue weighted by molar-refractivity contribution is 0.250. The lowest BCUT2D eigenvalue weighted by Crippen LogP contribution is -2.35. The van der Waals surface area contributed by atoms with E-state index in [0.717, 1.165) is 13.1 Å². The van der Waals surface area contributed by atoms with Crippen LogP contribution in [-0.2, 0) is 0 Å². The van der Waals surface area contributed by atoms with Crippen LogP contribution >= 0.6 is 0 Å². The van der Waals surface area contributed by atoms with E-state index < -0.39 is 0 Å². The Morgan fingerprint density at radius 3 is 2.33 bits per heavy atom. The van der Waals surface area contributed by atoms with E-state index >= 15 is 0 Å². The minimum absolute atomic E-state index is 0.224. The van der Waals surface area contributed by atoms with Crippen molar-refractivity contribution >= 4 is 5.96 Å². The smallest absolute Gasteiger partial charge is 0.188 e. The molecule has 0 aromatic carbocycles. The largest absolute Gasteiger partial charge is 0.370 e. The average molecular weight is 169 g/mol. The molecule has 0 spiro atoms. The monoisotopic (exact) mass is 169 g/mol. The zero-order valence-electron chi connectivity index (χ0n) is 8.22. The highest BCUT2D eigenvalue weighted by Gasteiger charge is 2.31. The number of hydrogen-bond acceptors (Lipinski definition) is 1. The molecule has 3 N–H and O–H groups in total. The van der Waals surface area contributed by atoms with Crippen LogP contribution in [0.25, 0.3) is 0 Å². The zero-order chi connectivity index (χ0) is 9.35. The molecule has 1 fully saturated rings. The SMILES string of the molecule is CC(C)(C)[C@@H]1CCN(C(=N)N)C1. The molecule has 1 rings (SSSR count). The molecule has 0 bridgehead atoms. The molecule has 1 aliphatic heterocycles. The first kappa shape index (κ1) is 9.36. The minimum atomic E-state index is 0.224. The van der Waals surface area contributed by atoms with Crippen molar-refractivity contribution in [2.75, 3.05) is 13.1 Å². The Morgan fingerprint density at radius 1 is 1.50 bits per heavy atom. The molecule has 1 saturated heterocycles. The fraction of sp³-hybridized carbons (Fsp3) is 0.889. The van der Waals surface area contributed by atoms with Crippen molar-refractivity contribution in [1.82, 2.24) is 4.90 Å². The van der Waals surface area contributed by atoms with Crippen LogP contribution in [0.15, 0.2) is 0 Å². The first-order valence-corrected chi connectivity index (χ1v) is 4.50. The first-order chi connectivity index (χ1) is 5.41. The number of hydrogen-bond donors (Lipinski definition) is 2. The van der Waals surface area contributed by atoms with Crippen LogP contribution in [-0.4, -0.2) is 23.9 Å². The third-order valence-corrected chi connectivity index (χ3v) is 2.75. The van der Waals surface area contributed by atoms with Gasteiger partial charge in [0.1, 0.15) is 0 Å². The van der Waals surface area contributed by atoms with Gasteiger partial charge in [0, 0.05) is 13.1 Å².